The molecule has 0 aliphatic carbocycles. The Labute approximate surface area is 235 Å². The first kappa shape index (κ1) is 36.6. The van der Waals surface area contributed by atoms with E-state index in [1.54, 1.807) is 19.1 Å². The first-order chi connectivity index (χ1) is 19.0. The van der Waals surface area contributed by atoms with E-state index in [4.69, 9.17) is 11.2 Å². The minimum Gasteiger partial charge on any atom is -0.493 e. The molecular weight excluding hydrogens is 526 g/mol. The number of hydrogen-bond donors (Lipinski definition) is 3. The molecule has 2 rings (SSSR count). The SMILES string of the molecule is C#CCC(C=O)NC(=O)CCCCOc1cc(C)cc(F)c1.CCNC.CCNCc1cccc(C(F)(F)F)c1. The molecule has 0 aliphatic rings. The molecule has 2 aromatic carbocycles. The Morgan fingerprint density at radius 3 is 2.38 bits per heavy atom. The number of amides is 1. The van der Waals surface area contributed by atoms with Crippen molar-refractivity contribution in [3.63, 3.8) is 0 Å². The molecule has 0 aliphatic heterocycles. The topological polar surface area (TPSA) is 79.5 Å². The molecule has 222 valence electrons. The molecule has 3 N–H and O–H groups in total. The summed E-state index contributed by atoms with van der Waals surface area (Å²) in [6.45, 7) is 8.46. The normalized spacial score (nSPS) is 11.1. The second-order valence-electron chi connectivity index (χ2n) is 8.67. The summed E-state index contributed by atoms with van der Waals surface area (Å²) in [6, 6.07) is 9.24. The van der Waals surface area contributed by atoms with Gasteiger partial charge in [-0.05, 0) is 69.2 Å². The van der Waals surface area contributed by atoms with E-state index >= 15 is 0 Å². The molecular formula is C30H41F4N3O3. The molecule has 40 heavy (non-hydrogen) atoms. The van der Waals surface area contributed by atoms with Crippen molar-refractivity contribution in [3.8, 4) is 18.1 Å². The van der Waals surface area contributed by atoms with E-state index in [2.05, 4.69) is 28.8 Å². The molecule has 0 spiro atoms. The minimum absolute atomic E-state index is 0.192. The molecule has 6 nitrogen and oxygen atoms in total. The van der Waals surface area contributed by atoms with Crippen molar-refractivity contribution in [1.82, 2.24) is 16.0 Å². The zero-order valence-electron chi connectivity index (χ0n) is 23.7. The van der Waals surface area contributed by atoms with Crippen LogP contribution in [0.5, 0.6) is 5.75 Å². The van der Waals surface area contributed by atoms with E-state index in [9.17, 15) is 27.2 Å². The van der Waals surface area contributed by atoms with Gasteiger partial charge in [0.1, 0.15) is 17.9 Å². The Morgan fingerprint density at radius 2 is 1.82 bits per heavy atom. The van der Waals surface area contributed by atoms with Crippen molar-refractivity contribution < 1.29 is 31.9 Å². The Morgan fingerprint density at radius 1 is 1.12 bits per heavy atom. The van der Waals surface area contributed by atoms with Gasteiger partial charge in [0, 0.05) is 25.5 Å². The van der Waals surface area contributed by atoms with Gasteiger partial charge in [0.2, 0.25) is 5.91 Å². The van der Waals surface area contributed by atoms with Gasteiger partial charge in [0.05, 0.1) is 18.2 Å². The maximum Gasteiger partial charge on any atom is 0.416 e. The number of rotatable bonds is 13. The lowest BCUT2D eigenvalue weighted by molar-refractivity contribution is -0.137. The molecule has 0 saturated heterocycles. The van der Waals surface area contributed by atoms with Gasteiger partial charge in [-0.25, -0.2) is 4.39 Å². The Balaban J connectivity index is 0.000000719. The molecule has 1 atom stereocenters. The van der Waals surface area contributed by atoms with Gasteiger partial charge in [0.15, 0.2) is 0 Å². The van der Waals surface area contributed by atoms with Crippen LogP contribution in [-0.2, 0) is 22.3 Å². The summed E-state index contributed by atoms with van der Waals surface area (Å²) in [5.41, 5.74) is 0.859. The van der Waals surface area contributed by atoms with E-state index in [1.807, 2.05) is 14.0 Å². The van der Waals surface area contributed by atoms with Gasteiger partial charge in [-0.15, -0.1) is 12.3 Å². The smallest absolute Gasteiger partial charge is 0.416 e. The van der Waals surface area contributed by atoms with Crippen molar-refractivity contribution in [2.75, 3.05) is 26.7 Å². The molecule has 0 aromatic heterocycles. The van der Waals surface area contributed by atoms with E-state index in [0.29, 0.717) is 50.0 Å². The van der Waals surface area contributed by atoms with Crippen molar-refractivity contribution in [1.29, 1.82) is 0 Å². The molecule has 0 bridgehead atoms. The van der Waals surface area contributed by atoms with Crippen molar-refractivity contribution in [3.05, 3.63) is 65.0 Å². The third-order valence-electron chi connectivity index (χ3n) is 5.12. The Kier molecular flexibility index (Phi) is 19.6. The number of benzene rings is 2. The van der Waals surface area contributed by atoms with Crippen LogP contribution in [0.1, 0.15) is 56.2 Å². The Hall–Kier alpha value is -3.42. The van der Waals surface area contributed by atoms with E-state index < -0.39 is 17.8 Å². The highest BCUT2D eigenvalue weighted by molar-refractivity contribution is 5.79. The summed E-state index contributed by atoms with van der Waals surface area (Å²) >= 11 is 0. The highest BCUT2D eigenvalue weighted by atomic mass is 19.4. The van der Waals surface area contributed by atoms with Crippen LogP contribution < -0.4 is 20.7 Å². The fraction of sp³-hybridized carbons (Fsp3) is 0.467. The second-order valence-corrected chi connectivity index (χ2v) is 8.67. The fourth-order valence-electron chi connectivity index (χ4n) is 3.03. The summed E-state index contributed by atoms with van der Waals surface area (Å²) < 4.78 is 55.4. The number of aryl methyl sites for hydroxylation is 1. The number of unbranched alkanes of at least 4 members (excludes halogenated alkanes) is 1. The first-order valence-electron chi connectivity index (χ1n) is 13.1. The molecule has 0 fully saturated rings. The molecule has 10 heteroatoms. The predicted octanol–water partition coefficient (Wildman–Crippen LogP) is 5.43. The number of aldehydes is 1. The minimum atomic E-state index is -4.25. The van der Waals surface area contributed by atoms with Crippen molar-refractivity contribution >= 4 is 12.2 Å². The lowest BCUT2D eigenvalue weighted by Gasteiger charge is -2.10. The standard InChI is InChI=1S/C17H20FNO3.C10H12F3N.C3H9N/c1-3-6-15(12-20)19-17(21)7-4-5-8-22-16-10-13(2)9-14(18)11-16;1-2-14-7-8-4-3-5-9(6-8)10(11,12)13;1-3-4-2/h1,9-12,15H,4-8H2,2H3,(H,19,21);3-6,14H,2,7H2,1H3;4H,3H2,1-2H3. The summed E-state index contributed by atoms with van der Waals surface area (Å²) in [6.07, 6.45) is 3.23. The van der Waals surface area contributed by atoms with Crippen LogP contribution in [0.4, 0.5) is 17.6 Å². The summed E-state index contributed by atoms with van der Waals surface area (Å²) in [5, 5.41) is 8.46. The largest absolute Gasteiger partial charge is 0.493 e. The average Bonchev–Trinajstić information content (AvgIpc) is 2.91. The highest BCUT2D eigenvalue weighted by Gasteiger charge is 2.30. The van der Waals surface area contributed by atoms with E-state index in [1.165, 1.54) is 24.3 Å². The molecule has 0 saturated carbocycles. The zero-order valence-corrected chi connectivity index (χ0v) is 23.7. The zero-order chi connectivity index (χ0) is 30.4. The van der Waals surface area contributed by atoms with Crippen LogP contribution in [0.2, 0.25) is 0 Å². The summed E-state index contributed by atoms with van der Waals surface area (Å²) in [7, 11) is 1.93. The molecule has 2 aromatic rings. The maximum absolute atomic E-state index is 13.2. The molecule has 0 radical (unpaired) electrons. The average molecular weight is 568 g/mol. The number of terminal acetylenes is 1. The monoisotopic (exact) mass is 567 g/mol. The van der Waals surface area contributed by atoms with Crippen LogP contribution in [0.15, 0.2) is 42.5 Å². The number of carbonyl (C=O) groups is 2. The fourth-order valence-corrected chi connectivity index (χ4v) is 3.03. The predicted molar refractivity (Wildman–Crippen MR) is 150 cm³/mol. The van der Waals surface area contributed by atoms with E-state index in [0.717, 1.165) is 24.7 Å². The molecule has 1 amide bonds. The van der Waals surface area contributed by atoms with Gasteiger partial charge < -0.3 is 25.5 Å². The first-order valence-corrected chi connectivity index (χ1v) is 13.1. The van der Waals surface area contributed by atoms with Gasteiger partial charge in [-0.2, -0.15) is 13.2 Å². The number of alkyl halides is 3. The van der Waals surface area contributed by atoms with Crippen LogP contribution in [0.25, 0.3) is 0 Å². The van der Waals surface area contributed by atoms with Crippen LogP contribution in [0.3, 0.4) is 0 Å². The third kappa shape index (κ3) is 18.0. The molecule has 0 heterocycles. The van der Waals surface area contributed by atoms with Gasteiger partial charge in [0.25, 0.3) is 0 Å². The maximum atomic E-state index is 13.2. The van der Waals surface area contributed by atoms with Gasteiger partial charge in [-0.1, -0.05) is 32.0 Å². The Bertz CT molecular complexity index is 1020. The van der Waals surface area contributed by atoms with Gasteiger partial charge >= 0.3 is 6.18 Å². The van der Waals surface area contributed by atoms with Gasteiger partial charge in [-0.3, -0.25) is 4.79 Å². The van der Waals surface area contributed by atoms with Crippen molar-refractivity contribution in [2.24, 2.45) is 0 Å². The quantitative estimate of drug-likeness (QED) is 0.130. The van der Waals surface area contributed by atoms with E-state index in [-0.39, 0.29) is 18.1 Å². The highest BCUT2D eigenvalue weighted by Crippen LogP contribution is 2.29. The number of nitrogens with one attached hydrogen (secondary N) is 3. The van der Waals surface area contributed by atoms with Crippen LogP contribution >= 0.6 is 0 Å². The third-order valence-corrected chi connectivity index (χ3v) is 5.12. The number of hydrogen-bond acceptors (Lipinski definition) is 5. The summed E-state index contributed by atoms with van der Waals surface area (Å²) in [5.74, 6) is 2.27. The van der Waals surface area contributed by atoms with Crippen LogP contribution in [-0.4, -0.2) is 45.0 Å². The lowest BCUT2D eigenvalue weighted by atomic mass is 10.1. The number of halogens is 4. The van der Waals surface area contributed by atoms with Crippen LogP contribution in [0, 0.1) is 25.1 Å². The van der Waals surface area contributed by atoms with Crippen molar-refractivity contribution in [2.45, 2.75) is 65.2 Å². The summed E-state index contributed by atoms with van der Waals surface area (Å²) in [4.78, 5) is 22.2. The second kappa shape index (κ2) is 21.4. The lowest BCUT2D eigenvalue weighted by Crippen LogP contribution is -2.35. The number of ether oxygens (including phenoxy) is 1. The molecule has 1 unspecified atom stereocenters. The number of carbonyl (C=O) groups excluding carboxylic acids is 2.